The SMILES string of the molecule is C[C@@H]1CN(c2ccc(NC(=O)NC3CC3)cc2)C[C@H](C)O1. The Labute approximate surface area is 125 Å². The summed E-state index contributed by atoms with van der Waals surface area (Å²) in [7, 11) is 0. The molecule has 3 rings (SSSR count). The normalized spacial score (nSPS) is 25.5. The van der Waals surface area contributed by atoms with E-state index in [4.69, 9.17) is 4.74 Å². The number of nitrogens with zero attached hydrogens (tertiary/aromatic N) is 1. The molecular formula is C16H23N3O2. The van der Waals surface area contributed by atoms with E-state index in [9.17, 15) is 4.79 Å². The zero-order chi connectivity index (χ0) is 14.8. The Kier molecular flexibility index (Phi) is 4.01. The highest BCUT2D eigenvalue weighted by Crippen LogP contribution is 2.23. The Morgan fingerprint density at radius 1 is 1.14 bits per heavy atom. The van der Waals surface area contributed by atoms with Gasteiger partial charge in [0.1, 0.15) is 0 Å². The number of amides is 2. The van der Waals surface area contributed by atoms with Crippen LogP contribution in [0.2, 0.25) is 0 Å². The number of hydrogen-bond acceptors (Lipinski definition) is 3. The molecule has 1 aliphatic carbocycles. The predicted molar refractivity (Wildman–Crippen MR) is 83.8 cm³/mol. The van der Waals surface area contributed by atoms with Crippen molar-refractivity contribution in [2.75, 3.05) is 23.3 Å². The number of hydrogen-bond donors (Lipinski definition) is 2. The molecule has 1 aliphatic heterocycles. The van der Waals surface area contributed by atoms with E-state index in [0.717, 1.165) is 31.6 Å². The van der Waals surface area contributed by atoms with Gasteiger partial charge in [-0.05, 0) is 51.0 Å². The van der Waals surface area contributed by atoms with E-state index < -0.39 is 0 Å². The first-order chi connectivity index (χ1) is 10.1. The minimum atomic E-state index is -0.112. The molecule has 1 saturated carbocycles. The highest BCUT2D eigenvalue weighted by atomic mass is 16.5. The van der Waals surface area contributed by atoms with Crippen molar-refractivity contribution < 1.29 is 9.53 Å². The maximum absolute atomic E-state index is 11.7. The summed E-state index contributed by atoms with van der Waals surface area (Å²) in [5, 5.41) is 5.78. The zero-order valence-electron chi connectivity index (χ0n) is 12.6. The van der Waals surface area contributed by atoms with Crippen LogP contribution in [0, 0.1) is 0 Å². The van der Waals surface area contributed by atoms with Crippen LogP contribution in [0.1, 0.15) is 26.7 Å². The molecule has 1 aromatic rings. The lowest BCUT2D eigenvalue weighted by Crippen LogP contribution is -2.45. The molecule has 2 amide bonds. The van der Waals surface area contributed by atoms with Crippen molar-refractivity contribution in [3.05, 3.63) is 24.3 Å². The first kappa shape index (κ1) is 14.2. The van der Waals surface area contributed by atoms with Crippen LogP contribution in [-0.2, 0) is 4.74 Å². The lowest BCUT2D eigenvalue weighted by Gasteiger charge is -2.36. The van der Waals surface area contributed by atoms with E-state index in [-0.39, 0.29) is 18.2 Å². The van der Waals surface area contributed by atoms with Gasteiger partial charge in [-0.2, -0.15) is 0 Å². The second-order valence-electron chi connectivity index (χ2n) is 6.08. The Hall–Kier alpha value is -1.75. The molecule has 21 heavy (non-hydrogen) atoms. The molecule has 1 aromatic carbocycles. The zero-order valence-corrected chi connectivity index (χ0v) is 12.6. The number of ether oxygens (including phenoxy) is 1. The summed E-state index contributed by atoms with van der Waals surface area (Å²) in [5.74, 6) is 0. The maximum atomic E-state index is 11.7. The van der Waals surface area contributed by atoms with Gasteiger partial charge in [-0.15, -0.1) is 0 Å². The number of rotatable bonds is 3. The van der Waals surface area contributed by atoms with Crippen molar-refractivity contribution in [3.63, 3.8) is 0 Å². The molecule has 2 aliphatic rings. The van der Waals surface area contributed by atoms with Crippen molar-refractivity contribution in [2.45, 2.75) is 44.9 Å². The van der Waals surface area contributed by atoms with Gasteiger partial charge in [-0.3, -0.25) is 0 Å². The Morgan fingerprint density at radius 3 is 2.33 bits per heavy atom. The Balaban J connectivity index is 1.59. The second-order valence-corrected chi connectivity index (χ2v) is 6.08. The topological polar surface area (TPSA) is 53.6 Å². The van der Waals surface area contributed by atoms with Crippen molar-refractivity contribution in [1.82, 2.24) is 5.32 Å². The van der Waals surface area contributed by atoms with E-state index in [1.54, 1.807) is 0 Å². The summed E-state index contributed by atoms with van der Waals surface area (Å²) >= 11 is 0. The molecule has 2 atom stereocenters. The minimum absolute atomic E-state index is 0.112. The minimum Gasteiger partial charge on any atom is -0.372 e. The molecule has 0 bridgehead atoms. The molecule has 0 radical (unpaired) electrons. The first-order valence-electron chi connectivity index (χ1n) is 7.68. The first-order valence-corrected chi connectivity index (χ1v) is 7.68. The number of morpholine rings is 1. The largest absolute Gasteiger partial charge is 0.372 e. The molecule has 1 saturated heterocycles. The highest BCUT2D eigenvalue weighted by molar-refractivity contribution is 5.89. The molecule has 0 unspecified atom stereocenters. The fourth-order valence-corrected chi connectivity index (χ4v) is 2.72. The summed E-state index contributed by atoms with van der Waals surface area (Å²) in [5.41, 5.74) is 2.00. The highest BCUT2D eigenvalue weighted by Gasteiger charge is 2.24. The van der Waals surface area contributed by atoms with Crippen molar-refractivity contribution in [1.29, 1.82) is 0 Å². The summed E-state index contributed by atoms with van der Waals surface area (Å²) < 4.78 is 5.75. The standard InChI is InChI=1S/C16H23N3O2/c1-11-9-19(10-12(2)21-11)15-7-5-14(6-8-15)18-16(20)17-13-3-4-13/h5-8,11-13H,3-4,9-10H2,1-2H3,(H2,17,18,20)/t11-,12+. The van der Waals surface area contributed by atoms with Crippen LogP contribution < -0.4 is 15.5 Å². The van der Waals surface area contributed by atoms with Crippen LogP contribution in [-0.4, -0.2) is 37.4 Å². The third kappa shape index (κ3) is 3.88. The van der Waals surface area contributed by atoms with Crippen LogP contribution in [0.3, 0.4) is 0 Å². The fourth-order valence-electron chi connectivity index (χ4n) is 2.72. The summed E-state index contributed by atoms with van der Waals surface area (Å²) in [4.78, 5) is 14.0. The van der Waals surface area contributed by atoms with Gasteiger partial charge >= 0.3 is 6.03 Å². The molecule has 2 N–H and O–H groups in total. The molecule has 2 fully saturated rings. The number of benzene rings is 1. The van der Waals surface area contributed by atoms with E-state index in [1.165, 1.54) is 5.69 Å². The van der Waals surface area contributed by atoms with E-state index in [0.29, 0.717) is 6.04 Å². The Bertz CT molecular complexity index is 489. The van der Waals surface area contributed by atoms with Gasteiger partial charge in [0.25, 0.3) is 0 Å². The quantitative estimate of drug-likeness (QED) is 0.899. The molecule has 1 heterocycles. The lowest BCUT2D eigenvalue weighted by molar-refractivity contribution is -0.00521. The van der Waals surface area contributed by atoms with Crippen LogP contribution in [0.5, 0.6) is 0 Å². The van der Waals surface area contributed by atoms with Gasteiger partial charge < -0.3 is 20.3 Å². The van der Waals surface area contributed by atoms with Gasteiger partial charge in [0, 0.05) is 30.5 Å². The Morgan fingerprint density at radius 2 is 1.76 bits per heavy atom. The van der Waals surface area contributed by atoms with Crippen molar-refractivity contribution >= 4 is 17.4 Å². The van der Waals surface area contributed by atoms with Gasteiger partial charge in [-0.25, -0.2) is 4.79 Å². The summed E-state index contributed by atoms with van der Waals surface area (Å²) in [6.45, 7) is 6.00. The van der Waals surface area contributed by atoms with Gasteiger partial charge in [-0.1, -0.05) is 0 Å². The van der Waals surface area contributed by atoms with Crippen LogP contribution in [0.25, 0.3) is 0 Å². The van der Waals surface area contributed by atoms with Gasteiger partial charge in [0.15, 0.2) is 0 Å². The lowest BCUT2D eigenvalue weighted by atomic mass is 10.2. The van der Waals surface area contributed by atoms with E-state index in [2.05, 4.69) is 41.5 Å². The summed E-state index contributed by atoms with van der Waals surface area (Å²) in [6.07, 6.45) is 2.69. The average molecular weight is 289 g/mol. The molecule has 0 aromatic heterocycles. The number of urea groups is 1. The van der Waals surface area contributed by atoms with Crippen LogP contribution in [0.15, 0.2) is 24.3 Å². The average Bonchev–Trinajstić information content (AvgIpc) is 3.22. The smallest absolute Gasteiger partial charge is 0.319 e. The predicted octanol–water partition coefficient (Wildman–Crippen LogP) is 2.58. The van der Waals surface area contributed by atoms with E-state index in [1.807, 2.05) is 12.1 Å². The molecule has 114 valence electrons. The third-order valence-electron chi connectivity index (χ3n) is 3.82. The molecule has 0 spiro atoms. The van der Waals surface area contributed by atoms with Crippen LogP contribution in [0.4, 0.5) is 16.2 Å². The van der Waals surface area contributed by atoms with Crippen LogP contribution >= 0.6 is 0 Å². The maximum Gasteiger partial charge on any atom is 0.319 e. The van der Waals surface area contributed by atoms with E-state index >= 15 is 0 Å². The summed E-state index contributed by atoms with van der Waals surface area (Å²) in [6, 6.07) is 8.27. The van der Waals surface area contributed by atoms with Gasteiger partial charge in [0.05, 0.1) is 12.2 Å². The number of carbonyl (C=O) groups excluding carboxylic acids is 1. The number of nitrogens with one attached hydrogen (secondary N) is 2. The monoisotopic (exact) mass is 289 g/mol. The molecule has 5 nitrogen and oxygen atoms in total. The molecule has 5 heteroatoms. The number of anilines is 2. The second kappa shape index (κ2) is 5.93. The number of carbonyl (C=O) groups is 1. The third-order valence-corrected chi connectivity index (χ3v) is 3.82. The van der Waals surface area contributed by atoms with Crippen molar-refractivity contribution in [2.24, 2.45) is 0 Å². The molecular weight excluding hydrogens is 266 g/mol. The fraction of sp³-hybridized carbons (Fsp3) is 0.562. The van der Waals surface area contributed by atoms with Gasteiger partial charge in [0.2, 0.25) is 0 Å². The van der Waals surface area contributed by atoms with Crippen molar-refractivity contribution in [3.8, 4) is 0 Å².